The van der Waals surface area contributed by atoms with Crippen molar-refractivity contribution in [1.29, 1.82) is 0 Å². The van der Waals surface area contributed by atoms with Crippen LogP contribution in [-0.4, -0.2) is 17.0 Å². The molecule has 2 rings (SSSR count). The fraction of sp³-hybridized carbons (Fsp3) is 0.143. The van der Waals surface area contributed by atoms with Crippen LogP contribution in [0.1, 0.15) is 31.2 Å². The zero-order chi connectivity index (χ0) is 14.9. The number of thiophene rings is 1. The second-order valence-electron chi connectivity index (χ2n) is 4.32. The van der Waals surface area contributed by atoms with Crippen molar-refractivity contribution in [3.05, 3.63) is 49.6 Å². The Labute approximate surface area is 128 Å². The molecule has 0 aliphatic rings. The second kappa shape index (κ2) is 5.76. The van der Waals surface area contributed by atoms with Gasteiger partial charge in [0.05, 0.1) is 11.3 Å². The summed E-state index contributed by atoms with van der Waals surface area (Å²) in [7, 11) is 0. The average molecular weight is 354 g/mol. The molecule has 1 amide bonds. The molecule has 0 bridgehead atoms. The van der Waals surface area contributed by atoms with Crippen molar-refractivity contribution in [3.8, 4) is 0 Å². The lowest BCUT2D eigenvalue weighted by atomic mass is 10.1. The molecule has 1 aromatic carbocycles. The number of aryl methyl sites for hydroxylation is 2. The van der Waals surface area contributed by atoms with E-state index >= 15 is 0 Å². The molecule has 0 radical (unpaired) electrons. The summed E-state index contributed by atoms with van der Waals surface area (Å²) in [5.41, 5.74) is 2.52. The first-order chi connectivity index (χ1) is 9.41. The number of benzene rings is 1. The molecule has 4 nitrogen and oxygen atoms in total. The van der Waals surface area contributed by atoms with Gasteiger partial charge in [0.1, 0.15) is 4.88 Å². The van der Waals surface area contributed by atoms with Gasteiger partial charge in [0.25, 0.3) is 5.91 Å². The number of carbonyl (C=O) groups excluding carboxylic acids is 1. The Hall–Kier alpha value is -1.66. The molecule has 2 aromatic rings. The smallest absolute Gasteiger partial charge is 0.348 e. The summed E-state index contributed by atoms with van der Waals surface area (Å²) in [5, 5.41) is 13.5. The van der Waals surface area contributed by atoms with Crippen LogP contribution in [0.3, 0.4) is 0 Å². The van der Waals surface area contributed by atoms with E-state index in [0.29, 0.717) is 15.7 Å². The van der Waals surface area contributed by atoms with E-state index in [0.717, 1.165) is 22.5 Å². The number of carbonyl (C=O) groups is 2. The lowest BCUT2D eigenvalue weighted by molar-refractivity contribution is 0.0703. The highest BCUT2D eigenvalue weighted by molar-refractivity contribution is 9.10. The molecule has 0 saturated heterocycles. The van der Waals surface area contributed by atoms with Crippen LogP contribution in [-0.2, 0) is 0 Å². The van der Waals surface area contributed by atoms with Crippen LogP contribution in [0.2, 0.25) is 0 Å². The topological polar surface area (TPSA) is 66.4 Å². The number of halogens is 1. The first-order valence-electron chi connectivity index (χ1n) is 5.79. The molecule has 0 atom stereocenters. The minimum absolute atomic E-state index is 0.139. The van der Waals surface area contributed by atoms with E-state index in [1.807, 2.05) is 13.0 Å². The predicted molar refractivity (Wildman–Crippen MR) is 82.8 cm³/mol. The third-order valence-electron chi connectivity index (χ3n) is 2.84. The van der Waals surface area contributed by atoms with Crippen molar-refractivity contribution in [2.75, 3.05) is 5.32 Å². The fourth-order valence-electron chi connectivity index (χ4n) is 1.76. The highest BCUT2D eigenvalue weighted by Gasteiger charge is 2.19. The lowest BCUT2D eigenvalue weighted by Gasteiger charge is -2.09. The highest BCUT2D eigenvalue weighted by atomic mass is 79.9. The number of hydrogen-bond donors (Lipinski definition) is 2. The van der Waals surface area contributed by atoms with Gasteiger partial charge in [-0.15, -0.1) is 11.3 Å². The molecule has 0 aliphatic carbocycles. The average Bonchev–Trinajstić information content (AvgIpc) is 2.74. The van der Waals surface area contributed by atoms with E-state index < -0.39 is 5.97 Å². The molecule has 6 heteroatoms. The number of nitrogens with one attached hydrogen (secondary N) is 1. The maximum atomic E-state index is 12.3. The summed E-state index contributed by atoms with van der Waals surface area (Å²) in [6.07, 6.45) is 0. The van der Waals surface area contributed by atoms with Gasteiger partial charge in [0, 0.05) is 4.47 Å². The number of hydrogen-bond acceptors (Lipinski definition) is 3. The predicted octanol–water partition coefficient (Wildman–Crippen LogP) is 4.08. The Morgan fingerprint density at radius 3 is 2.60 bits per heavy atom. The number of carboxylic acid groups (broad SMARTS) is 1. The van der Waals surface area contributed by atoms with E-state index in [1.54, 1.807) is 24.4 Å². The summed E-state index contributed by atoms with van der Waals surface area (Å²) in [6.45, 7) is 3.66. The van der Waals surface area contributed by atoms with Crippen molar-refractivity contribution in [3.63, 3.8) is 0 Å². The molecule has 0 unspecified atom stereocenters. The summed E-state index contributed by atoms with van der Waals surface area (Å²) in [6, 6.07) is 5.36. The second-order valence-corrected chi connectivity index (χ2v) is 5.99. The van der Waals surface area contributed by atoms with Gasteiger partial charge in [-0.3, -0.25) is 4.79 Å². The monoisotopic (exact) mass is 353 g/mol. The molecule has 104 valence electrons. The minimum atomic E-state index is -1.04. The normalized spacial score (nSPS) is 10.3. The van der Waals surface area contributed by atoms with Crippen LogP contribution in [0.5, 0.6) is 0 Å². The SMILES string of the molecule is Cc1cccc(C(=O)Nc2c(C)csc2C(=O)O)c1Br. The largest absolute Gasteiger partial charge is 0.477 e. The number of anilines is 1. The van der Waals surface area contributed by atoms with Crippen LogP contribution in [0, 0.1) is 13.8 Å². The number of amides is 1. The first kappa shape index (κ1) is 14.7. The first-order valence-corrected chi connectivity index (χ1v) is 7.47. The van der Waals surface area contributed by atoms with Gasteiger partial charge in [-0.25, -0.2) is 4.79 Å². The molecular formula is C14H12BrNO3S. The van der Waals surface area contributed by atoms with Crippen LogP contribution in [0.15, 0.2) is 28.1 Å². The molecule has 0 spiro atoms. The van der Waals surface area contributed by atoms with E-state index in [1.165, 1.54) is 0 Å². The molecule has 20 heavy (non-hydrogen) atoms. The summed E-state index contributed by atoms with van der Waals surface area (Å²) >= 11 is 4.48. The Morgan fingerprint density at radius 1 is 1.25 bits per heavy atom. The van der Waals surface area contributed by atoms with Gasteiger partial charge < -0.3 is 10.4 Å². The van der Waals surface area contributed by atoms with Crippen LogP contribution in [0.25, 0.3) is 0 Å². The zero-order valence-electron chi connectivity index (χ0n) is 10.9. The zero-order valence-corrected chi connectivity index (χ0v) is 13.3. The van der Waals surface area contributed by atoms with E-state index in [-0.39, 0.29) is 10.8 Å². The molecular weight excluding hydrogens is 342 g/mol. The summed E-state index contributed by atoms with van der Waals surface area (Å²) in [5.74, 6) is -1.37. The number of carboxylic acids is 1. The molecule has 0 aliphatic heterocycles. The van der Waals surface area contributed by atoms with E-state index in [9.17, 15) is 9.59 Å². The molecule has 1 aromatic heterocycles. The maximum absolute atomic E-state index is 12.3. The molecule has 2 N–H and O–H groups in total. The highest BCUT2D eigenvalue weighted by Crippen LogP contribution is 2.29. The minimum Gasteiger partial charge on any atom is -0.477 e. The molecule has 1 heterocycles. The van der Waals surface area contributed by atoms with Crippen LogP contribution < -0.4 is 5.32 Å². The Morgan fingerprint density at radius 2 is 1.95 bits per heavy atom. The Bertz CT molecular complexity index is 694. The van der Waals surface area contributed by atoms with Crippen molar-refractivity contribution in [2.24, 2.45) is 0 Å². The van der Waals surface area contributed by atoms with Crippen molar-refractivity contribution in [2.45, 2.75) is 13.8 Å². The van der Waals surface area contributed by atoms with E-state index in [4.69, 9.17) is 5.11 Å². The Kier molecular flexibility index (Phi) is 4.25. The summed E-state index contributed by atoms with van der Waals surface area (Å²) < 4.78 is 0.710. The number of rotatable bonds is 3. The van der Waals surface area contributed by atoms with Crippen molar-refractivity contribution < 1.29 is 14.7 Å². The van der Waals surface area contributed by atoms with Crippen molar-refractivity contribution >= 4 is 44.8 Å². The molecule has 0 saturated carbocycles. The third-order valence-corrected chi connectivity index (χ3v) is 4.98. The lowest BCUT2D eigenvalue weighted by Crippen LogP contribution is -2.15. The fourth-order valence-corrected chi connectivity index (χ4v) is 3.05. The maximum Gasteiger partial charge on any atom is 0.348 e. The van der Waals surface area contributed by atoms with Crippen molar-refractivity contribution in [1.82, 2.24) is 0 Å². The van der Waals surface area contributed by atoms with Gasteiger partial charge in [0.15, 0.2) is 0 Å². The van der Waals surface area contributed by atoms with Gasteiger partial charge in [-0.05, 0) is 52.4 Å². The van der Waals surface area contributed by atoms with Gasteiger partial charge in [0.2, 0.25) is 0 Å². The van der Waals surface area contributed by atoms with E-state index in [2.05, 4.69) is 21.2 Å². The third kappa shape index (κ3) is 2.76. The standard InChI is InChI=1S/C14H12BrNO3S/c1-7-4-3-5-9(10(7)15)13(17)16-11-8(2)6-20-12(11)14(18)19/h3-6H,1-2H3,(H,16,17)(H,18,19). The van der Waals surface area contributed by atoms with Crippen LogP contribution in [0.4, 0.5) is 5.69 Å². The summed E-state index contributed by atoms with van der Waals surface area (Å²) in [4.78, 5) is 23.5. The Balaban J connectivity index is 2.35. The van der Waals surface area contributed by atoms with Gasteiger partial charge in [-0.1, -0.05) is 12.1 Å². The van der Waals surface area contributed by atoms with Gasteiger partial charge in [-0.2, -0.15) is 0 Å². The number of aromatic carboxylic acids is 1. The molecule has 0 fully saturated rings. The van der Waals surface area contributed by atoms with Gasteiger partial charge >= 0.3 is 5.97 Å². The van der Waals surface area contributed by atoms with Crippen LogP contribution >= 0.6 is 27.3 Å². The quantitative estimate of drug-likeness (QED) is 0.873.